The van der Waals surface area contributed by atoms with Gasteiger partial charge in [0.25, 0.3) is 0 Å². The zero-order valence-corrected chi connectivity index (χ0v) is 40.9. The zero-order chi connectivity index (χ0) is 47.2. The van der Waals surface area contributed by atoms with Crippen molar-refractivity contribution in [1.29, 1.82) is 0 Å². The first-order chi connectivity index (χ1) is 31.4. The Morgan fingerprint density at radius 2 is 0.954 bits per heavy atom. The van der Waals surface area contributed by atoms with Crippen LogP contribution in [0.2, 0.25) is 0 Å². The summed E-state index contributed by atoms with van der Waals surface area (Å²) >= 11 is 0. The number of hydrogen-bond acceptors (Lipinski definition) is 14. The van der Waals surface area contributed by atoms with Gasteiger partial charge >= 0.3 is 36.0 Å². The average Bonchev–Trinajstić information content (AvgIpc) is 3.51. The summed E-state index contributed by atoms with van der Waals surface area (Å²) in [6, 6.07) is 0. The Hall–Kier alpha value is -3.42. The molecule has 3 aliphatic rings. The van der Waals surface area contributed by atoms with E-state index < -0.39 is 49.3 Å². The minimum atomic E-state index is -1.48. The van der Waals surface area contributed by atoms with Crippen LogP contribution in [0.4, 0.5) is 4.79 Å². The van der Waals surface area contributed by atoms with Gasteiger partial charge in [-0.15, -0.1) is 0 Å². The summed E-state index contributed by atoms with van der Waals surface area (Å²) in [5.74, 6) is -0.354. The first-order valence-corrected chi connectivity index (χ1v) is 25.7. The lowest BCUT2D eigenvalue weighted by Gasteiger charge is -2.44. The van der Waals surface area contributed by atoms with Crippen LogP contribution in [-0.2, 0) is 57.1 Å². The number of ether oxygens (including phenoxy) is 7. The molecule has 0 aromatic carbocycles. The second-order valence-electron chi connectivity index (χ2n) is 19.4. The third kappa shape index (κ3) is 23.2. The van der Waals surface area contributed by atoms with Crippen molar-refractivity contribution in [2.45, 2.75) is 195 Å². The first-order valence-electron chi connectivity index (χ1n) is 25.7. The quantitative estimate of drug-likeness (QED) is 0.0325. The Kier molecular flexibility index (Phi) is 27.8. The number of hydrogen-bond donors (Lipinski definition) is 0. The van der Waals surface area contributed by atoms with E-state index in [9.17, 15) is 28.8 Å². The molecule has 3 saturated carbocycles. The van der Waals surface area contributed by atoms with Gasteiger partial charge in [-0.1, -0.05) is 91.9 Å². The van der Waals surface area contributed by atoms with Gasteiger partial charge in [0.15, 0.2) is 0 Å². The van der Waals surface area contributed by atoms with Crippen LogP contribution in [0.25, 0.3) is 0 Å². The summed E-state index contributed by atoms with van der Waals surface area (Å²) in [6.07, 6.45) is 19.8. The van der Waals surface area contributed by atoms with Crippen LogP contribution in [0.3, 0.4) is 0 Å². The molecule has 4 atom stereocenters. The van der Waals surface area contributed by atoms with E-state index in [-0.39, 0.29) is 75.5 Å². The molecule has 0 amide bonds. The van der Waals surface area contributed by atoms with Crippen molar-refractivity contribution >= 4 is 36.0 Å². The highest BCUT2D eigenvalue weighted by atomic mass is 16.7. The molecular weight excluding hydrogens is 835 g/mol. The maximum absolute atomic E-state index is 13.7. The average molecular weight is 922 g/mol. The van der Waals surface area contributed by atoms with Gasteiger partial charge in [0.05, 0.1) is 26.2 Å². The Morgan fingerprint density at radius 3 is 1.49 bits per heavy atom. The predicted molar refractivity (Wildman–Crippen MR) is 247 cm³/mol. The standard InChI is InChI=1S/C51H87NO13/c1-5-9-11-13-15-17-29-59-44(53)22-19-24-46(55)62-37-51(40-65-49(58)61-31-21-28-52(7-3)8-4,38-63-47(56)25-20-23-45(54)60-30-18-16-14-12-10-6-2)39-64-48(57)36-50-27-26-42-32-41(34-50)33-43(42)35-50/h41-43H,5-40H2,1-4H3. The molecular formula is C51H87NO13. The van der Waals surface area contributed by atoms with Crippen molar-refractivity contribution in [1.82, 2.24) is 4.90 Å². The van der Waals surface area contributed by atoms with Gasteiger partial charge < -0.3 is 38.1 Å². The monoisotopic (exact) mass is 922 g/mol. The molecule has 4 unspecified atom stereocenters. The lowest BCUT2D eigenvalue weighted by molar-refractivity contribution is -0.167. The highest BCUT2D eigenvalue weighted by Gasteiger charge is 2.52. The molecule has 3 fully saturated rings. The summed E-state index contributed by atoms with van der Waals surface area (Å²) in [6.45, 7) is 10.1. The SMILES string of the molecule is CCCCCCCCOC(=O)CCCC(=O)OCC(COC(=O)CCCC(=O)OCCCCCCCC)(COC(=O)CC12CCC3CC(CC3C1)C2)COC(=O)OCCCN(CC)CC. The molecule has 0 aromatic rings. The fourth-order valence-electron chi connectivity index (χ4n) is 10.0. The van der Waals surface area contributed by atoms with Crippen LogP contribution >= 0.6 is 0 Å². The maximum Gasteiger partial charge on any atom is 0.508 e. The molecule has 3 aliphatic carbocycles. The fourth-order valence-corrected chi connectivity index (χ4v) is 10.0. The highest BCUT2D eigenvalue weighted by molar-refractivity contribution is 5.73. The van der Waals surface area contributed by atoms with Crippen molar-refractivity contribution < 1.29 is 61.9 Å². The summed E-state index contributed by atoms with van der Waals surface area (Å²) in [5, 5.41) is 0. The van der Waals surface area contributed by atoms with E-state index in [1.807, 2.05) is 0 Å². The number of carbonyl (C=O) groups is 6. The maximum atomic E-state index is 13.7. The Morgan fingerprint density at radius 1 is 0.492 bits per heavy atom. The molecule has 65 heavy (non-hydrogen) atoms. The first kappa shape index (κ1) is 55.9. The van der Waals surface area contributed by atoms with E-state index in [4.69, 9.17) is 33.2 Å². The Bertz CT molecular complexity index is 1350. The molecule has 0 aliphatic heterocycles. The van der Waals surface area contributed by atoms with E-state index >= 15 is 0 Å². The lowest BCUT2D eigenvalue weighted by atomic mass is 9.61. The van der Waals surface area contributed by atoms with Crippen molar-refractivity contribution in [2.24, 2.45) is 28.6 Å². The summed E-state index contributed by atoms with van der Waals surface area (Å²) in [5.41, 5.74) is -1.58. The van der Waals surface area contributed by atoms with Gasteiger partial charge in [-0.05, 0) is 107 Å². The van der Waals surface area contributed by atoms with Gasteiger partial charge in [0.2, 0.25) is 0 Å². The molecule has 3 rings (SSSR count). The number of nitrogens with zero attached hydrogens (tertiary/aromatic N) is 1. The molecule has 0 spiro atoms. The zero-order valence-electron chi connectivity index (χ0n) is 40.9. The van der Waals surface area contributed by atoms with Gasteiger partial charge in [-0.25, -0.2) is 4.79 Å². The third-order valence-electron chi connectivity index (χ3n) is 13.8. The number of unbranched alkanes of at least 4 members (excludes halogenated alkanes) is 10. The van der Waals surface area contributed by atoms with Crippen LogP contribution < -0.4 is 0 Å². The molecule has 0 heterocycles. The molecule has 0 radical (unpaired) electrons. The van der Waals surface area contributed by atoms with Crippen molar-refractivity contribution in [2.75, 3.05) is 65.9 Å². The highest BCUT2D eigenvalue weighted by Crippen LogP contribution is 2.62. The smallest absolute Gasteiger partial charge is 0.466 e. The van der Waals surface area contributed by atoms with E-state index in [0.717, 1.165) is 89.8 Å². The second kappa shape index (κ2) is 32.3. The van der Waals surface area contributed by atoms with Crippen molar-refractivity contribution in [3.63, 3.8) is 0 Å². The Labute approximate surface area is 390 Å². The number of rotatable bonds is 38. The largest absolute Gasteiger partial charge is 0.508 e. The van der Waals surface area contributed by atoms with E-state index in [0.29, 0.717) is 31.5 Å². The summed E-state index contributed by atoms with van der Waals surface area (Å²) < 4.78 is 39.1. The van der Waals surface area contributed by atoms with Crippen LogP contribution in [0.5, 0.6) is 0 Å². The van der Waals surface area contributed by atoms with E-state index in [1.165, 1.54) is 51.4 Å². The van der Waals surface area contributed by atoms with E-state index in [1.54, 1.807) is 0 Å². The van der Waals surface area contributed by atoms with Gasteiger partial charge in [0.1, 0.15) is 31.8 Å². The molecule has 3 bridgehead atoms. The summed E-state index contributed by atoms with van der Waals surface area (Å²) in [7, 11) is 0. The lowest BCUT2D eigenvalue weighted by Crippen LogP contribution is -2.44. The molecule has 374 valence electrons. The summed E-state index contributed by atoms with van der Waals surface area (Å²) in [4.78, 5) is 79.9. The van der Waals surface area contributed by atoms with Crippen LogP contribution in [-0.4, -0.2) is 107 Å². The predicted octanol–water partition coefficient (Wildman–Crippen LogP) is 10.2. The van der Waals surface area contributed by atoms with Crippen LogP contribution in [0.1, 0.15) is 195 Å². The fraction of sp³-hybridized carbons (Fsp3) is 0.882. The minimum Gasteiger partial charge on any atom is -0.466 e. The number of fused-ring (bicyclic) bond motifs is 2. The van der Waals surface area contributed by atoms with Gasteiger partial charge in [0, 0.05) is 32.2 Å². The third-order valence-corrected chi connectivity index (χ3v) is 13.8. The molecule has 0 N–H and O–H groups in total. The molecule has 14 nitrogen and oxygen atoms in total. The second-order valence-corrected chi connectivity index (χ2v) is 19.4. The Balaban J connectivity index is 1.63. The molecule has 0 saturated heterocycles. The van der Waals surface area contributed by atoms with Gasteiger partial charge in [-0.2, -0.15) is 0 Å². The van der Waals surface area contributed by atoms with Crippen molar-refractivity contribution in [3.8, 4) is 0 Å². The minimum absolute atomic E-state index is 0.0470. The van der Waals surface area contributed by atoms with Crippen molar-refractivity contribution in [3.05, 3.63) is 0 Å². The van der Waals surface area contributed by atoms with Crippen LogP contribution in [0.15, 0.2) is 0 Å². The normalized spacial score (nSPS) is 19.7. The van der Waals surface area contributed by atoms with E-state index in [2.05, 4.69) is 32.6 Å². The topological polar surface area (TPSA) is 170 Å². The number of esters is 5. The molecule has 14 heteroatoms. The number of carbonyl (C=O) groups excluding carboxylic acids is 6. The van der Waals surface area contributed by atoms with Gasteiger partial charge in [-0.3, -0.25) is 24.0 Å². The van der Waals surface area contributed by atoms with Crippen LogP contribution in [0, 0.1) is 28.6 Å². The molecule has 0 aromatic heterocycles.